The maximum Gasteiger partial charge on any atom is 0.324 e. The Morgan fingerprint density at radius 1 is 1.12 bits per heavy atom. The zero-order valence-corrected chi connectivity index (χ0v) is 39.1. The number of pyridine rings is 1. The molecule has 1 fully saturated rings. The number of benzene rings is 2. The first-order chi connectivity index (χ1) is 31.0. The van der Waals surface area contributed by atoms with Gasteiger partial charge < -0.3 is 34.3 Å². The number of carbonyl (C=O) groups is 5. The van der Waals surface area contributed by atoms with E-state index in [0.717, 1.165) is 39.0 Å². The Morgan fingerprint density at radius 3 is 2.60 bits per heavy atom. The average molecular weight is 892 g/mol. The molecule has 2 aliphatic heterocycles. The van der Waals surface area contributed by atoms with Crippen LogP contribution in [0.25, 0.3) is 33.3 Å². The molecule has 0 radical (unpaired) electrons. The zero-order valence-electron chi connectivity index (χ0n) is 39.1. The Kier molecular flexibility index (Phi) is 15.5. The maximum atomic E-state index is 14.6. The molecule has 0 spiro atoms. The van der Waals surface area contributed by atoms with Crippen LogP contribution in [0.15, 0.2) is 67.4 Å². The van der Waals surface area contributed by atoms with E-state index in [-0.39, 0.29) is 49.5 Å². The predicted octanol–water partition coefficient (Wildman–Crippen LogP) is 5.80. The number of nitrogens with one attached hydrogen (secondary N) is 2. The van der Waals surface area contributed by atoms with Gasteiger partial charge in [-0.05, 0) is 103 Å². The molecule has 2 aliphatic rings. The number of hydrogen-bond acceptors (Lipinski definition) is 10. The number of hydrogen-bond donors (Lipinski definition) is 3. The summed E-state index contributed by atoms with van der Waals surface area (Å²) in [7, 11) is 4.85. The Labute approximate surface area is 382 Å². The van der Waals surface area contributed by atoms with Gasteiger partial charge in [0.15, 0.2) is 0 Å². The third-order valence-electron chi connectivity index (χ3n) is 12.4. The van der Waals surface area contributed by atoms with Gasteiger partial charge in [0.1, 0.15) is 23.9 Å². The standard InChI is InChI=1S/C50H65N7O8/c1-10-43(59)54(7)21-14-17-44(60)55(8)45(31(3)4)47(61)52-40-25-32-23-34(26-35(58)24-32)33-18-19-42-37(27-33)38(46(56(42)11-2)36-15-12-20-51-41(36)29-64-9)28-50(5,6)30-65-49(63)39-16-13-22-57(53-39)48(40)62/h10,12,15,18-20,23-24,26-27,31,39-40,45,53,58H,1,11,13-14,16-17,21-22,25,28-30H2,2-9H3,(H,52,61)/t39-,40-,45?/m0/s1. The number of phenolic OH excluding ortho intramolecular Hbond substituents is 1. The van der Waals surface area contributed by atoms with E-state index in [0.29, 0.717) is 56.5 Å². The third-order valence-corrected chi connectivity index (χ3v) is 12.4. The summed E-state index contributed by atoms with van der Waals surface area (Å²) >= 11 is 0. The van der Waals surface area contributed by atoms with Gasteiger partial charge >= 0.3 is 5.97 Å². The van der Waals surface area contributed by atoms with Crippen LogP contribution in [0.5, 0.6) is 5.75 Å². The summed E-state index contributed by atoms with van der Waals surface area (Å²) in [4.78, 5) is 75.9. The van der Waals surface area contributed by atoms with Crippen LogP contribution in [0.3, 0.4) is 0 Å². The molecule has 6 rings (SSSR count). The van der Waals surface area contributed by atoms with E-state index < -0.39 is 41.3 Å². The fourth-order valence-electron chi connectivity index (χ4n) is 9.17. The molecule has 348 valence electrons. The van der Waals surface area contributed by atoms with E-state index in [1.54, 1.807) is 39.5 Å². The number of aryl methyl sites for hydroxylation is 1. The van der Waals surface area contributed by atoms with Crippen LogP contribution in [0.4, 0.5) is 0 Å². The SMILES string of the molecule is C=CC(=O)N(C)CCCC(=O)N(C)C(C(=O)N[C@H]1Cc2cc(O)cc(c2)-c2ccc3c(c2)c(c(-c2cccnc2COC)n3CC)CC(C)(C)COC(=O)[C@@H]2CCCN(N2)C1=O)C(C)C. The van der Waals surface area contributed by atoms with Crippen molar-refractivity contribution >= 4 is 40.5 Å². The third kappa shape index (κ3) is 11.1. The van der Waals surface area contributed by atoms with E-state index in [1.807, 2.05) is 32.0 Å². The molecule has 1 unspecified atom stereocenters. The first kappa shape index (κ1) is 48.4. The summed E-state index contributed by atoms with van der Waals surface area (Å²) in [6.07, 6.45) is 4.94. The number of methoxy groups -OCH3 is 1. The second-order valence-corrected chi connectivity index (χ2v) is 18.4. The first-order valence-corrected chi connectivity index (χ1v) is 22.6. The Balaban J connectivity index is 1.42. The lowest BCUT2D eigenvalue weighted by Crippen LogP contribution is -2.62. The number of aromatic hydroxyl groups is 1. The van der Waals surface area contributed by atoms with Gasteiger partial charge in [-0.15, -0.1) is 0 Å². The molecule has 3 atom stereocenters. The topological polar surface area (TPSA) is 176 Å². The Bertz CT molecular complexity index is 2430. The van der Waals surface area contributed by atoms with Gasteiger partial charge in [-0.1, -0.05) is 46.4 Å². The number of amides is 4. The molecule has 2 aromatic heterocycles. The molecule has 15 heteroatoms. The van der Waals surface area contributed by atoms with Gasteiger partial charge in [0, 0.05) is 81.8 Å². The number of nitrogens with zero attached hydrogens (tertiary/aromatic N) is 5. The van der Waals surface area contributed by atoms with Gasteiger partial charge in [-0.25, -0.2) is 5.43 Å². The Hall–Kier alpha value is -6.06. The van der Waals surface area contributed by atoms with E-state index in [4.69, 9.17) is 14.5 Å². The highest BCUT2D eigenvalue weighted by molar-refractivity contribution is 5.96. The normalized spacial score (nSPS) is 18.1. The van der Waals surface area contributed by atoms with Crippen molar-refractivity contribution in [2.45, 2.75) is 104 Å². The smallest absolute Gasteiger partial charge is 0.324 e. The van der Waals surface area contributed by atoms with Gasteiger partial charge in [0.05, 0.1) is 24.6 Å². The molecule has 1 saturated heterocycles. The lowest BCUT2D eigenvalue weighted by atomic mass is 9.84. The summed E-state index contributed by atoms with van der Waals surface area (Å²) in [6.45, 7) is 15.1. The van der Waals surface area contributed by atoms with E-state index in [2.05, 4.69) is 60.9 Å². The molecular weight excluding hydrogens is 827 g/mol. The predicted molar refractivity (Wildman–Crippen MR) is 249 cm³/mol. The molecule has 0 saturated carbocycles. The van der Waals surface area contributed by atoms with Gasteiger partial charge in [-0.2, -0.15) is 0 Å². The van der Waals surface area contributed by atoms with Gasteiger partial charge in [-0.3, -0.25) is 34.0 Å². The summed E-state index contributed by atoms with van der Waals surface area (Å²) in [6, 6.07) is 12.5. The van der Waals surface area contributed by atoms with Gasteiger partial charge in [0.25, 0.3) is 5.91 Å². The molecular formula is C50H65N7O8. The molecule has 6 bridgehead atoms. The van der Waals surface area contributed by atoms with Crippen molar-refractivity contribution in [3.05, 3.63) is 84.2 Å². The largest absolute Gasteiger partial charge is 0.508 e. The fourth-order valence-corrected chi connectivity index (χ4v) is 9.17. The molecule has 3 N–H and O–H groups in total. The van der Waals surface area contributed by atoms with Gasteiger partial charge in [0.2, 0.25) is 17.7 Å². The molecule has 4 aromatic rings. The average Bonchev–Trinajstić information content (AvgIpc) is 3.58. The molecule has 0 aliphatic carbocycles. The number of ether oxygens (including phenoxy) is 2. The number of cyclic esters (lactones) is 1. The van der Waals surface area contributed by atoms with Crippen LogP contribution in [0.1, 0.15) is 77.1 Å². The lowest BCUT2D eigenvalue weighted by molar-refractivity contribution is -0.155. The minimum absolute atomic E-state index is 0.00721. The van der Waals surface area contributed by atoms with Crippen LogP contribution in [-0.2, 0) is 59.4 Å². The van der Waals surface area contributed by atoms with E-state index >= 15 is 0 Å². The maximum absolute atomic E-state index is 14.6. The lowest BCUT2D eigenvalue weighted by Gasteiger charge is -2.36. The summed E-state index contributed by atoms with van der Waals surface area (Å²) in [5.74, 6) is -2.37. The number of carbonyl (C=O) groups excluding carboxylic acids is 5. The van der Waals surface area contributed by atoms with Crippen LogP contribution in [0, 0.1) is 11.3 Å². The first-order valence-electron chi connectivity index (χ1n) is 22.6. The number of likely N-dealkylation sites (N-methyl/N-ethyl adjacent to an activating group) is 2. The summed E-state index contributed by atoms with van der Waals surface area (Å²) in [5, 5.41) is 16.6. The second-order valence-electron chi connectivity index (χ2n) is 18.4. The molecule has 4 amide bonds. The minimum atomic E-state index is -1.16. The van der Waals surface area contributed by atoms with Crippen LogP contribution < -0.4 is 10.7 Å². The second kappa shape index (κ2) is 20.8. The zero-order chi connectivity index (χ0) is 47.2. The van der Waals surface area contributed by atoms with Crippen molar-refractivity contribution in [1.29, 1.82) is 0 Å². The minimum Gasteiger partial charge on any atom is -0.508 e. The van der Waals surface area contributed by atoms with E-state index in [1.165, 1.54) is 20.9 Å². The van der Waals surface area contributed by atoms with Crippen molar-refractivity contribution in [2.75, 3.05) is 40.9 Å². The van der Waals surface area contributed by atoms with Crippen LogP contribution in [0.2, 0.25) is 0 Å². The van der Waals surface area contributed by atoms with Crippen molar-refractivity contribution in [3.63, 3.8) is 0 Å². The number of phenols is 1. The van der Waals surface area contributed by atoms with Crippen LogP contribution in [-0.4, -0.2) is 118 Å². The quantitative estimate of drug-likeness (QED) is 0.110. The number of aromatic nitrogens is 2. The monoisotopic (exact) mass is 891 g/mol. The summed E-state index contributed by atoms with van der Waals surface area (Å²) in [5.41, 5.74) is 9.53. The summed E-state index contributed by atoms with van der Waals surface area (Å²) < 4.78 is 14.0. The number of fused-ring (bicyclic) bond motifs is 6. The van der Waals surface area contributed by atoms with Crippen molar-refractivity contribution in [1.82, 2.24) is 35.1 Å². The van der Waals surface area contributed by atoms with E-state index in [9.17, 15) is 29.1 Å². The van der Waals surface area contributed by atoms with Crippen molar-refractivity contribution in [3.8, 4) is 28.1 Å². The molecule has 15 nitrogen and oxygen atoms in total. The molecule has 2 aromatic carbocycles. The number of rotatable bonds is 13. The highest BCUT2D eigenvalue weighted by atomic mass is 16.5. The number of hydrazine groups is 1. The van der Waals surface area contributed by atoms with Crippen molar-refractivity contribution < 1.29 is 38.6 Å². The highest BCUT2D eigenvalue weighted by Crippen LogP contribution is 2.41. The van der Waals surface area contributed by atoms with Crippen LogP contribution >= 0.6 is 0 Å². The number of esters is 1. The molecule has 65 heavy (non-hydrogen) atoms. The van der Waals surface area contributed by atoms with Crippen molar-refractivity contribution in [2.24, 2.45) is 11.3 Å². The fraction of sp³-hybridized carbons (Fsp3) is 0.480. The Morgan fingerprint density at radius 2 is 1.89 bits per heavy atom. The molecule has 4 heterocycles. The highest BCUT2D eigenvalue weighted by Gasteiger charge is 2.38.